The van der Waals surface area contributed by atoms with Crippen molar-refractivity contribution in [1.29, 1.82) is 0 Å². The molecule has 0 heterocycles. The van der Waals surface area contributed by atoms with E-state index in [4.69, 9.17) is 4.74 Å². The van der Waals surface area contributed by atoms with E-state index < -0.39 is 0 Å². The largest absolute Gasteiger partial charge is 0.496 e. The monoisotopic (exact) mass is 369 g/mol. The summed E-state index contributed by atoms with van der Waals surface area (Å²) in [5.41, 5.74) is 4.18. The summed E-state index contributed by atoms with van der Waals surface area (Å²) in [4.78, 5) is 11.6. The molecule has 0 saturated carbocycles. The van der Waals surface area contributed by atoms with E-state index >= 15 is 0 Å². The highest BCUT2D eigenvalue weighted by Gasteiger charge is 2.23. The Kier molecular flexibility index (Phi) is 4.53. The fraction of sp³-hybridized carbons (Fsp3) is 0.0833. The molecule has 0 aliphatic carbocycles. The zero-order valence-corrected chi connectivity index (χ0v) is 15.7. The number of methoxy groups -OCH3 is 1. The lowest BCUT2D eigenvalue weighted by Crippen LogP contribution is -1.97. The molecule has 0 radical (unpaired) electrons. The zero-order valence-electron chi connectivity index (χ0n) is 15.7. The van der Waals surface area contributed by atoms with Gasteiger partial charge in [0.25, 0.3) is 5.69 Å². The van der Waals surface area contributed by atoms with Crippen LogP contribution in [-0.4, -0.2) is 12.0 Å². The minimum atomic E-state index is -0.317. The fourth-order valence-corrected chi connectivity index (χ4v) is 3.76. The van der Waals surface area contributed by atoms with Gasteiger partial charge < -0.3 is 4.74 Å². The third-order valence-electron chi connectivity index (χ3n) is 5.10. The first-order chi connectivity index (χ1) is 13.6. The van der Waals surface area contributed by atoms with E-state index in [1.54, 1.807) is 19.2 Å². The average molecular weight is 369 g/mol. The van der Waals surface area contributed by atoms with Crippen LogP contribution in [0.5, 0.6) is 5.75 Å². The molecule has 0 aliphatic rings. The molecule has 138 valence electrons. The summed E-state index contributed by atoms with van der Waals surface area (Å²) >= 11 is 0. The standard InChI is InChI=1S/C24H19NO3/c1-16-18-9-4-3-8-17(18)14-15-19(16)24-21(11-7-12-22(24)25(26)27)20-10-5-6-13-23(20)28-2/h3-15H,1-2H3. The number of nitrogens with zero attached hydrogens (tertiary/aromatic N) is 1. The van der Waals surface area contributed by atoms with Crippen LogP contribution in [0.25, 0.3) is 33.0 Å². The molecule has 0 amide bonds. The van der Waals surface area contributed by atoms with Crippen molar-refractivity contribution in [3.8, 4) is 28.0 Å². The summed E-state index contributed by atoms with van der Waals surface area (Å²) in [5, 5.41) is 14.1. The van der Waals surface area contributed by atoms with Gasteiger partial charge in [-0.1, -0.05) is 66.7 Å². The normalized spacial score (nSPS) is 10.8. The number of fused-ring (bicyclic) bond motifs is 1. The van der Waals surface area contributed by atoms with Crippen molar-refractivity contribution in [2.24, 2.45) is 0 Å². The highest BCUT2D eigenvalue weighted by molar-refractivity contribution is 5.98. The van der Waals surface area contributed by atoms with Crippen LogP contribution in [0.4, 0.5) is 5.69 Å². The molecule has 28 heavy (non-hydrogen) atoms. The molecule has 0 unspecified atom stereocenters. The summed E-state index contributed by atoms with van der Waals surface area (Å²) < 4.78 is 5.52. The molecule has 0 atom stereocenters. The van der Waals surface area contributed by atoms with Crippen molar-refractivity contribution >= 4 is 16.5 Å². The molecule has 4 aromatic carbocycles. The van der Waals surface area contributed by atoms with Crippen LogP contribution in [0.15, 0.2) is 78.9 Å². The molecule has 0 aliphatic heterocycles. The molecule has 0 bridgehead atoms. The SMILES string of the molecule is COc1ccccc1-c1cccc([N+](=O)[O-])c1-c1ccc2ccccc2c1C. The molecule has 0 fully saturated rings. The average Bonchev–Trinajstić information content (AvgIpc) is 2.73. The second-order valence-electron chi connectivity index (χ2n) is 6.62. The summed E-state index contributed by atoms with van der Waals surface area (Å²) in [7, 11) is 1.61. The third kappa shape index (κ3) is 2.89. The zero-order chi connectivity index (χ0) is 19.7. The first-order valence-electron chi connectivity index (χ1n) is 9.01. The molecule has 0 saturated heterocycles. The predicted molar refractivity (Wildman–Crippen MR) is 113 cm³/mol. The van der Waals surface area contributed by atoms with Crippen LogP contribution < -0.4 is 4.74 Å². The minimum Gasteiger partial charge on any atom is -0.496 e. The number of hydrogen-bond acceptors (Lipinski definition) is 3. The molecule has 4 heteroatoms. The number of nitro benzene ring substituents is 1. The van der Waals surface area contributed by atoms with Gasteiger partial charge in [-0.15, -0.1) is 0 Å². The Hall–Kier alpha value is -3.66. The highest BCUT2D eigenvalue weighted by Crippen LogP contribution is 2.44. The van der Waals surface area contributed by atoms with Gasteiger partial charge in [0.2, 0.25) is 0 Å². The molecule has 4 aromatic rings. The van der Waals surface area contributed by atoms with Gasteiger partial charge in [-0.25, -0.2) is 0 Å². The second-order valence-corrected chi connectivity index (χ2v) is 6.62. The topological polar surface area (TPSA) is 52.4 Å². The Morgan fingerprint density at radius 1 is 0.786 bits per heavy atom. The Balaban J connectivity index is 2.09. The first-order valence-corrected chi connectivity index (χ1v) is 9.01. The van der Waals surface area contributed by atoms with Crippen molar-refractivity contribution in [2.45, 2.75) is 6.92 Å². The van der Waals surface area contributed by atoms with Gasteiger partial charge in [0.1, 0.15) is 5.75 Å². The van der Waals surface area contributed by atoms with Gasteiger partial charge >= 0.3 is 0 Å². The minimum absolute atomic E-state index is 0.0850. The first kappa shape index (κ1) is 17.7. The molecule has 0 spiro atoms. The lowest BCUT2D eigenvalue weighted by atomic mass is 9.88. The number of aryl methyl sites for hydroxylation is 1. The van der Waals surface area contributed by atoms with Crippen LogP contribution in [0.2, 0.25) is 0 Å². The Morgan fingerprint density at radius 3 is 2.29 bits per heavy atom. The molecule has 0 aromatic heterocycles. The van der Waals surface area contributed by atoms with Gasteiger partial charge in [-0.05, 0) is 34.9 Å². The van der Waals surface area contributed by atoms with Gasteiger partial charge in [0, 0.05) is 17.2 Å². The Labute approximate surface area is 163 Å². The number of nitro groups is 1. The molecular formula is C24H19NO3. The van der Waals surface area contributed by atoms with E-state index in [0.717, 1.165) is 33.0 Å². The number of benzene rings is 4. The maximum atomic E-state index is 11.9. The van der Waals surface area contributed by atoms with Gasteiger partial charge in [-0.2, -0.15) is 0 Å². The quantitative estimate of drug-likeness (QED) is 0.309. The smallest absolute Gasteiger partial charge is 0.277 e. The maximum Gasteiger partial charge on any atom is 0.277 e. The summed E-state index contributed by atoms with van der Waals surface area (Å²) in [6, 6.07) is 24.8. The van der Waals surface area contributed by atoms with Gasteiger partial charge in [0.15, 0.2) is 0 Å². The maximum absolute atomic E-state index is 11.9. The van der Waals surface area contributed by atoms with Crippen molar-refractivity contribution in [1.82, 2.24) is 0 Å². The van der Waals surface area contributed by atoms with E-state index in [1.807, 2.05) is 73.7 Å². The van der Waals surface area contributed by atoms with E-state index in [0.29, 0.717) is 11.3 Å². The van der Waals surface area contributed by atoms with Crippen LogP contribution in [-0.2, 0) is 0 Å². The Morgan fingerprint density at radius 2 is 1.50 bits per heavy atom. The Bertz CT molecular complexity index is 1200. The van der Waals surface area contributed by atoms with Crippen LogP contribution in [0, 0.1) is 17.0 Å². The van der Waals surface area contributed by atoms with Crippen molar-refractivity contribution in [3.63, 3.8) is 0 Å². The van der Waals surface area contributed by atoms with Crippen molar-refractivity contribution in [2.75, 3.05) is 7.11 Å². The van der Waals surface area contributed by atoms with Gasteiger partial charge in [-0.3, -0.25) is 10.1 Å². The lowest BCUT2D eigenvalue weighted by Gasteiger charge is -2.16. The number of rotatable bonds is 4. The number of ether oxygens (including phenoxy) is 1. The van der Waals surface area contributed by atoms with Crippen LogP contribution in [0.1, 0.15) is 5.56 Å². The number of para-hydroxylation sites is 1. The summed E-state index contributed by atoms with van der Waals surface area (Å²) in [6.45, 7) is 2.01. The number of hydrogen-bond donors (Lipinski definition) is 0. The van der Waals surface area contributed by atoms with Crippen molar-refractivity contribution < 1.29 is 9.66 Å². The van der Waals surface area contributed by atoms with E-state index in [2.05, 4.69) is 0 Å². The molecular weight excluding hydrogens is 350 g/mol. The molecule has 4 rings (SSSR count). The molecule has 0 N–H and O–H groups in total. The van der Waals surface area contributed by atoms with E-state index in [9.17, 15) is 10.1 Å². The fourth-order valence-electron chi connectivity index (χ4n) is 3.76. The van der Waals surface area contributed by atoms with Crippen LogP contribution in [0.3, 0.4) is 0 Å². The molecule has 4 nitrogen and oxygen atoms in total. The van der Waals surface area contributed by atoms with E-state index in [-0.39, 0.29) is 10.6 Å². The third-order valence-corrected chi connectivity index (χ3v) is 5.10. The predicted octanol–water partition coefficient (Wildman–Crippen LogP) is 6.40. The van der Waals surface area contributed by atoms with Gasteiger partial charge in [0.05, 0.1) is 17.6 Å². The van der Waals surface area contributed by atoms with Crippen molar-refractivity contribution in [3.05, 3.63) is 94.5 Å². The lowest BCUT2D eigenvalue weighted by molar-refractivity contribution is -0.384. The highest BCUT2D eigenvalue weighted by atomic mass is 16.6. The second kappa shape index (κ2) is 7.16. The summed E-state index contributed by atoms with van der Waals surface area (Å²) in [5.74, 6) is 0.683. The van der Waals surface area contributed by atoms with E-state index in [1.165, 1.54) is 0 Å². The summed E-state index contributed by atoms with van der Waals surface area (Å²) in [6.07, 6.45) is 0. The van der Waals surface area contributed by atoms with Crippen LogP contribution >= 0.6 is 0 Å².